The van der Waals surface area contributed by atoms with Crippen molar-refractivity contribution < 1.29 is 34.2 Å². The first-order valence-corrected chi connectivity index (χ1v) is 6.47. The predicted octanol–water partition coefficient (Wildman–Crippen LogP) is -1.26. The lowest BCUT2D eigenvalue weighted by molar-refractivity contribution is -0.157. The number of carboxylic acids is 2. The fourth-order valence-corrected chi connectivity index (χ4v) is 2.19. The van der Waals surface area contributed by atoms with Crippen molar-refractivity contribution in [2.24, 2.45) is 11.7 Å². The van der Waals surface area contributed by atoms with Gasteiger partial charge in [-0.2, -0.15) is 0 Å². The van der Waals surface area contributed by atoms with Crippen LogP contribution in [0.3, 0.4) is 0 Å². The molecule has 0 aromatic rings. The maximum absolute atomic E-state index is 12.0. The molecule has 122 valence electrons. The summed E-state index contributed by atoms with van der Waals surface area (Å²) < 4.78 is 0. The number of hydrogen-bond acceptors (Lipinski definition) is 6. The van der Waals surface area contributed by atoms with E-state index in [2.05, 4.69) is 0 Å². The van der Waals surface area contributed by atoms with Crippen LogP contribution in [0.5, 0.6) is 0 Å². The van der Waals surface area contributed by atoms with E-state index in [9.17, 15) is 29.1 Å². The van der Waals surface area contributed by atoms with Crippen molar-refractivity contribution in [1.29, 1.82) is 0 Å². The maximum Gasteiger partial charge on any atom is 0.330 e. The van der Waals surface area contributed by atoms with Crippen LogP contribution >= 0.6 is 0 Å². The Balaban J connectivity index is 2.95. The standard InChI is InChI=1S/C12H17N3O7/c1-15-9(19)7(8(18)14-11(15)22)12(13,10(20)21)5-3-2-4-6(16)17/h7H,2-5,13H2,1H3,(H,16,17)(H,20,21)(H,14,18,22). The van der Waals surface area contributed by atoms with E-state index in [-0.39, 0.29) is 25.7 Å². The summed E-state index contributed by atoms with van der Waals surface area (Å²) in [6.07, 6.45) is -0.205. The molecule has 0 aromatic heterocycles. The van der Waals surface area contributed by atoms with Crippen LogP contribution < -0.4 is 11.1 Å². The molecule has 0 aromatic carbocycles. The highest BCUT2D eigenvalue weighted by Crippen LogP contribution is 2.26. The summed E-state index contributed by atoms with van der Waals surface area (Å²) >= 11 is 0. The minimum absolute atomic E-state index is 0.101. The van der Waals surface area contributed by atoms with Gasteiger partial charge in [0, 0.05) is 13.5 Å². The third-order valence-corrected chi connectivity index (χ3v) is 3.52. The zero-order chi connectivity index (χ0) is 17.1. The number of nitrogens with zero attached hydrogens (tertiary/aromatic N) is 1. The topological polar surface area (TPSA) is 167 Å². The highest BCUT2D eigenvalue weighted by molar-refractivity contribution is 6.18. The fraction of sp³-hybridized carbons (Fsp3) is 0.583. The van der Waals surface area contributed by atoms with Crippen LogP contribution in [0.15, 0.2) is 0 Å². The van der Waals surface area contributed by atoms with Gasteiger partial charge in [0.2, 0.25) is 11.8 Å². The minimum atomic E-state index is -2.21. The van der Waals surface area contributed by atoms with Crippen LogP contribution in [0.4, 0.5) is 4.79 Å². The van der Waals surface area contributed by atoms with E-state index in [1.165, 1.54) is 0 Å². The van der Waals surface area contributed by atoms with E-state index < -0.39 is 41.2 Å². The Morgan fingerprint density at radius 2 is 1.86 bits per heavy atom. The number of hydrogen-bond donors (Lipinski definition) is 4. The molecule has 5 N–H and O–H groups in total. The highest BCUT2D eigenvalue weighted by atomic mass is 16.4. The van der Waals surface area contributed by atoms with Crippen LogP contribution in [0.2, 0.25) is 0 Å². The fourth-order valence-electron chi connectivity index (χ4n) is 2.19. The van der Waals surface area contributed by atoms with E-state index >= 15 is 0 Å². The van der Waals surface area contributed by atoms with Gasteiger partial charge in [-0.15, -0.1) is 0 Å². The summed E-state index contributed by atoms with van der Waals surface area (Å²) in [5.41, 5.74) is 3.54. The van der Waals surface area contributed by atoms with Crippen molar-refractivity contribution in [2.45, 2.75) is 31.2 Å². The molecule has 0 radical (unpaired) electrons. The van der Waals surface area contributed by atoms with Gasteiger partial charge >= 0.3 is 18.0 Å². The van der Waals surface area contributed by atoms with Crippen molar-refractivity contribution in [1.82, 2.24) is 10.2 Å². The lowest BCUT2D eigenvalue weighted by Crippen LogP contribution is -2.68. The van der Waals surface area contributed by atoms with Crippen molar-refractivity contribution in [3.8, 4) is 0 Å². The molecule has 1 fully saturated rings. The summed E-state index contributed by atoms with van der Waals surface area (Å²) in [7, 11) is 1.10. The molecule has 1 aliphatic rings. The molecular weight excluding hydrogens is 298 g/mol. The first kappa shape index (κ1) is 17.6. The molecule has 2 unspecified atom stereocenters. The molecule has 10 heteroatoms. The number of carbonyl (C=O) groups excluding carboxylic acids is 3. The molecule has 1 aliphatic heterocycles. The molecule has 22 heavy (non-hydrogen) atoms. The Hall–Kier alpha value is -2.49. The van der Waals surface area contributed by atoms with Crippen molar-refractivity contribution in [3.05, 3.63) is 0 Å². The summed E-state index contributed by atoms with van der Waals surface area (Å²) in [6.45, 7) is 0. The first-order valence-electron chi connectivity index (χ1n) is 6.47. The van der Waals surface area contributed by atoms with E-state index in [0.29, 0.717) is 4.90 Å². The SMILES string of the molecule is CN1C(=O)NC(=O)C(C(N)(CCCCC(=O)O)C(=O)O)C1=O. The number of aliphatic carboxylic acids is 2. The van der Waals surface area contributed by atoms with Crippen LogP contribution in [-0.4, -0.2) is 57.5 Å². The summed E-state index contributed by atoms with van der Waals surface area (Å²) in [6, 6.07) is -0.954. The van der Waals surface area contributed by atoms with Gasteiger partial charge in [0.15, 0.2) is 0 Å². The number of nitrogens with two attached hydrogens (primary N) is 1. The number of unbranched alkanes of at least 4 members (excludes halogenated alkanes) is 1. The number of nitrogens with one attached hydrogen (secondary N) is 1. The smallest absolute Gasteiger partial charge is 0.330 e. The second-order valence-corrected chi connectivity index (χ2v) is 5.07. The molecule has 1 rings (SSSR count). The van der Waals surface area contributed by atoms with Gasteiger partial charge in [-0.05, 0) is 12.8 Å². The Labute approximate surface area is 125 Å². The number of carboxylic acid groups (broad SMARTS) is 2. The molecule has 2 atom stereocenters. The third-order valence-electron chi connectivity index (χ3n) is 3.52. The number of urea groups is 1. The summed E-state index contributed by atoms with van der Waals surface area (Å²) in [4.78, 5) is 57.7. The van der Waals surface area contributed by atoms with Gasteiger partial charge < -0.3 is 15.9 Å². The van der Waals surface area contributed by atoms with E-state index in [0.717, 1.165) is 7.05 Å². The molecule has 1 heterocycles. The van der Waals surface area contributed by atoms with Crippen LogP contribution in [0.25, 0.3) is 0 Å². The lowest BCUT2D eigenvalue weighted by atomic mass is 9.78. The third kappa shape index (κ3) is 3.39. The van der Waals surface area contributed by atoms with Gasteiger partial charge in [0.05, 0.1) is 0 Å². The normalized spacial score (nSPS) is 21.3. The molecule has 0 spiro atoms. The largest absolute Gasteiger partial charge is 0.481 e. The second kappa shape index (κ2) is 6.52. The number of carbonyl (C=O) groups is 5. The van der Waals surface area contributed by atoms with Crippen molar-refractivity contribution in [2.75, 3.05) is 7.05 Å². The van der Waals surface area contributed by atoms with Gasteiger partial charge in [-0.25, -0.2) is 4.79 Å². The molecule has 1 saturated heterocycles. The summed E-state index contributed by atoms with van der Waals surface area (Å²) in [5, 5.41) is 19.7. The molecular formula is C12H17N3O7. The lowest BCUT2D eigenvalue weighted by Gasteiger charge is -2.36. The molecule has 0 saturated carbocycles. The molecule has 0 bridgehead atoms. The van der Waals surface area contributed by atoms with Gasteiger partial charge in [-0.1, -0.05) is 6.42 Å². The van der Waals surface area contributed by atoms with E-state index in [4.69, 9.17) is 10.8 Å². The monoisotopic (exact) mass is 315 g/mol. The highest BCUT2D eigenvalue weighted by Gasteiger charge is 2.54. The van der Waals surface area contributed by atoms with E-state index in [1.54, 1.807) is 0 Å². The quantitative estimate of drug-likeness (QED) is 0.333. The molecule has 0 aliphatic carbocycles. The Morgan fingerprint density at radius 1 is 1.27 bits per heavy atom. The first-order chi connectivity index (χ1) is 10.1. The maximum atomic E-state index is 12.0. The van der Waals surface area contributed by atoms with Gasteiger partial charge in [0.1, 0.15) is 11.5 Å². The number of amides is 4. The number of imide groups is 2. The van der Waals surface area contributed by atoms with Gasteiger partial charge in [0.25, 0.3) is 0 Å². The Kier molecular flexibility index (Phi) is 5.20. The van der Waals surface area contributed by atoms with Crippen molar-refractivity contribution >= 4 is 29.8 Å². The Bertz CT molecular complexity index is 533. The zero-order valence-electron chi connectivity index (χ0n) is 11.9. The van der Waals surface area contributed by atoms with Gasteiger partial charge in [-0.3, -0.25) is 29.4 Å². The van der Waals surface area contributed by atoms with Crippen LogP contribution in [0.1, 0.15) is 25.7 Å². The molecule has 10 nitrogen and oxygen atoms in total. The zero-order valence-corrected chi connectivity index (χ0v) is 11.9. The number of rotatable bonds is 7. The second-order valence-electron chi connectivity index (χ2n) is 5.07. The molecule has 4 amide bonds. The minimum Gasteiger partial charge on any atom is -0.481 e. The summed E-state index contributed by atoms with van der Waals surface area (Å²) in [5.74, 6) is -6.44. The van der Waals surface area contributed by atoms with E-state index in [1.807, 2.05) is 5.32 Å². The Morgan fingerprint density at radius 3 is 2.36 bits per heavy atom. The number of barbiturate groups is 1. The van der Waals surface area contributed by atoms with Crippen LogP contribution in [0, 0.1) is 5.92 Å². The van der Waals surface area contributed by atoms with Crippen molar-refractivity contribution in [3.63, 3.8) is 0 Å². The average molecular weight is 315 g/mol. The predicted molar refractivity (Wildman–Crippen MR) is 70.5 cm³/mol. The average Bonchev–Trinajstić information content (AvgIpc) is 2.40. The van der Waals surface area contributed by atoms with Crippen LogP contribution in [-0.2, 0) is 19.2 Å².